The van der Waals surface area contributed by atoms with E-state index in [0.717, 1.165) is 4.90 Å². The Morgan fingerprint density at radius 3 is 2.85 bits per heavy atom. The van der Waals surface area contributed by atoms with Gasteiger partial charge < -0.3 is 21.1 Å². The monoisotopic (exact) mass is 209 g/mol. The van der Waals surface area contributed by atoms with Gasteiger partial charge in [0.25, 0.3) is 0 Å². The lowest BCUT2D eigenvalue weighted by Crippen LogP contribution is -2.44. The van der Waals surface area contributed by atoms with Crippen LogP contribution in [-0.4, -0.2) is 47.7 Å². The zero-order valence-electron chi connectivity index (χ0n) is 6.90. The highest BCUT2D eigenvalue weighted by Gasteiger charge is 2.23. The standard InChI is InChI=1S/C6H11N3O3.ClH/c7-4-3-9(6(11)12)2-1-8-5(4)10;/h4H,1-3,7H2,(H,8,10)(H,11,12);1H. The van der Waals surface area contributed by atoms with Crippen molar-refractivity contribution < 1.29 is 14.7 Å². The van der Waals surface area contributed by atoms with Crippen LogP contribution in [0.4, 0.5) is 4.79 Å². The molecule has 13 heavy (non-hydrogen) atoms. The van der Waals surface area contributed by atoms with Crippen LogP contribution < -0.4 is 11.1 Å². The Morgan fingerprint density at radius 2 is 2.31 bits per heavy atom. The maximum absolute atomic E-state index is 10.9. The number of carbonyl (C=O) groups excluding carboxylic acids is 1. The fraction of sp³-hybridized carbons (Fsp3) is 0.667. The molecule has 6 nitrogen and oxygen atoms in total. The van der Waals surface area contributed by atoms with Gasteiger partial charge in [0.15, 0.2) is 0 Å². The smallest absolute Gasteiger partial charge is 0.407 e. The van der Waals surface area contributed by atoms with Crippen molar-refractivity contribution in [1.82, 2.24) is 10.2 Å². The van der Waals surface area contributed by atoms with Crippen molar-refractivity contribution in [2.45, 2.75) is 6.04 Å². The van der Waals surface area contributed by atoms with Crippen LogP contribution in [0.15, 0.2) is 0 Å². The van der Waals surface area contributed by atoms with E-state index in [1.165, 1.54) is 0 Å². The van der Waals surface area contributed by atoms with Gasteiger partial charge in [-0.3, -0.25) is 4.79 Å². The number of hydrogen-bond donors (Lipinski definition) is 3. The molecule has 1 saturated heterocycles. The van der Waals surface area contributed by atoms with Crippen molar-refractivity contribution in [3.05, 3.63) is 0 Å². The second-order valence-corrected chi connectivity index (χ2v) is 2.63. The first-order chi connectivity index (χ1) is 5.61. The lowest BCUT2D eigenvalue weighted by Gasteiger charge is -2.16. The van der Waals surface area contributed by atoms with Gasteiger partial charge in [0.2, 0.25) is 5.91 Å². The fourth-order valence-electron chi connectivity index (χ4n) is 1.03. The molecule has 1 rings (SSSR count). The lowest BCUT2D eigenvalue weighted by molar-refractivity contribution is -0.121. The molecule has 0 aromatic carbocycles. The first kappa shape index (κ1) is 12.0. The highest BCUT2D eigenvalue weighted by Crippen LogP contribution is 1.95. The third kappa shape index (κ3) is 3.08. The molecule has 4 N–H and O–H groups in total. The van der Waals surface area contributed by atoms with Gasteiger partial charge in [-0.2, -0.15) is 0 Å². The second-order valence-electron chi connectivity index (χ2n) is 2.63. The average Bonchev–Trinajstić information content (AvgIpc) is 2.15. The van der Waals surface area contributed by atoms with Gasteiger partial charge in [-0.25, -0.2) is 4.79 Å². The summed E-state index contributed by atoms with van der Waals surface area (Å²) in [5, 5.41) is 11.1. The summed E-state index contributed by atoms with van der Waals surface area (Å²) >= 11 is 0. The van der Waals surface area contributed by atoms with E-state index in [0.29, 0.717) is 13.1 Å². The van der Waals surface area contributed by atoms with Crippen LogP contribution in [0.3, 0.4) is 0 Å². The summed E-state index contributed by atoms with van der Waals surface area (Å²) in [7, 11) is 0. The average molecular weight is 210 g/mol. The van der Waals surface area contributed by atoms with Crippen molar-refractivity contribution in [2.24, 2.45) is 5.73 Å². The number of amides is 2. The SMILES string of the molecule is Cl.NC1CN(C(=O)O)CCNC1=O. The summed E-state index contributed by atoms with van der Waals surface area (Å²) in [5.41, 5.74) is 5.39. The number of rotatable bonds is 0. The van der Waals surface area contributed by atoms with E-state index in [1.807, 2.05) is 0 Å². The van der Waals surface area contributed by atoms with E-state index >= 15 is 0 Å². The zero-order valence-corrected chi connectivity index (χ0v) is 7.71. The van der Waals surface area contributed by atoms with Crippen LogP contribution in [0.1, 0.15) is 0 Å². The summed E-state index contributed by atoms with van der Waals surface area (Å²) in [5.74, 6) is -0.293. The van der Waals surface area contributed by atoms with Crippen molar-refractivity contribution in [3.63, 3.8) is 0 Å². The summed E-state index contributed by atoms with van der Waals surface area (Å²) in [6.07, 6.45) is -1.04. The summed E-state index contributed by atoms with van der Waals surface area (Å²) in [4.78, 5) is 22.5. The molecule has 1 aliphatic rings. The van der Waals surface area contributed by atoms with Gasteiger partial charge in [0.1, 0.15) is 6.04 Å². The largest absolute Gasteiger partial charge is 0.465 e. The molecule has 1 fully saturated rings. The minimum atomic E-state index is -1.04. The van der Waals surface area contributed by atoms with Crippen molar-refractivity contribution >= 4 is 24.4 Å². The van der Waals surface area contributed by atoms with Crippen molar-refractivity contribution in [1.29, 1.82) is 0 Å². The Hall–Kier alpha value is -1.01. The number of carbonyl (C=O) groups is 2. The third-order valence-corrected chi connectivity index (χ3v) is 1.71. The molecule has 0 aromatic rings. The first-order valence-corrected chi connectivity index (χ1v) is 3.62. The topological polar surface area (TPSA) is 95.7 Å². The minimum Gasteiger partial charge on any atom is -0.465 e. The second kappa shape index (κ2) is 4.88. The molecule has 0 radical (unpaired) electrons. The molecule has 0 bridgehead atoms. The number of hydrogen-bond acceptors (Lipinski definition) is 3. The van der Waals surface area contributed by atoms with Crippen LogP contribution in [0.2, 0.25) is 0 Å². The lowest BCUT2D eigenvalue weighted by atomic mass is 10.3. The van der Waals surface area contributed by atoms with Crippen LogP contribution in [0, 0.1) is 0 Å². The molecule has 7 heteroatoms. The van der Waals surface area contributed by atoms with E-state index in [1.54, 1.807) is 0 Å². The number of carboxylic acid groups (broad SMARTS) is 1. The van der Waals surface area contributed by atoms with Gasteiger partial charge in [0.05, 0.1) is 0 Å². The maximum Gasteiger partial charge on any atom is 0.407 e. The van der Waals surface area contributed by atoms with Crippen molar-refractivity contribution in [2.75, 3.05) is 19.6 Å². The molecule has 1 aliphatic heterocycles. The van der Waals surface area contributed by atoms with Crippen LogP contribution >= 0.6 is 12.4 Å². The number of nitrogens with one attached hydrogen (secondary N) is 1. The Morgan fingerprint density at radius 1 is 1.69 bits per heavy atom. The quantitative estimate of drug-likeness (QED) is 0.469. The fourth-order valence-corrected chi connectivity index (χ4v) is 1.03. The predicted octanol–water partition coefficient (Wildman–Crippen LogP) is -1.15. The van der Waals surface area contributed by atoms with E-state index < -0.39 is 12.1 Å². The Bertz CT molecular complexity index is 211. The molecule has 1 heterocycles. The predicted molar refractivity (Wildman–Crippen MR) is 47.8 cm³/mol. The van der Waals surface area contributed by atoms with Crippen molar-refractivity contribution in [3.8, 4) is 0 Å². The van der Waals surface area contributed by atoms with Gasteiger partial charge in [-0.15, -0.1) is 12.4 Å². The number of nitrogens with two attached hydrogens (primary N) is 1. The Kier molecular flexibility index (Phi) is 4.50. The highest BCUT2D eigenvalue weighted by atomic mass is 35.5. The van der Waals surface area contributed by atoms with Gasteiger partial charge in [-0.1, -0.05) is 0 Å². The van der Waals surface area contributed by atoms with Crippen LogP contribution in [0.25, 0.3) is 0 Å². The van der Waals surface area contributed by atoms with E-state index in [-0.39, 0.29) is 24.9 Å². The summed E-state index contributed by atoms with van der Waals surface area (Å²) in [6, 6.07) is -0.747. The number of halogens is 1. The zero-order chi connectivity index (χ0) is 9.14. The maximum atomic E-state index is 10.9. The molecule has 1 unspecified atom stereocenters. The van der Waals surface area contributed by atoms with Crippen LogP contribution in [0.5, 0.6) is 0 Å². The minimum absolute atomic E-state index is 0. The Labute approximate surface area is 81.5 Å². The molecule has 0 aliphatic carbocycles. The molecule has 1 atom stereocenters. The van der Waals surface area contributed by atoms with E-state index in [2.05, 4.69) is 5.32 Å². The summed E-state index contributed by atoms with van der Waals surface area (Å²) in [6.45, 7) is 0.703. The van der Waals surface area contributed by atoms with Gasteiger partial charge in [-0.05, 0) is 0 Å². The molecule has 0 spiro atoms. The normalized spacial score (nSPS) is 22.7. The molecule has 0 saturated carbocycles. The third-order valence-electron chi connectivity index (χ3n) is 1.71. The van der Waals surface area contributed by atoms with E-state index in [9.17, 15) is 9.59 Å². The molecule has 2 amide bonds. The highest BCUT2D eigenvalue weighted by molar-refractivity contribution is 5.85. The van der Waals surface area contributed by atoms with E-state index in [4.69, 9.17) is 10.8 Å². The molecule has 76 valence electrons. The number of nitrogens with zero attached hydrogens (tertiary/aromatic N) is 1. The first-order valence-electron chi connectivity index (χ1n) is 3.62. The van der Waals surface area contributed by atoms with Crippen LogP contribution in [-0.2, 0) is 4.79 Å². The Balaban J connectivity index is 0.00000144. The van der Waals surface area contributed by atoms with Gasteiger partial charge >= 0.3 is 6.09 Å². The van der Waals surface area contributed by atoms with Gasteiger partial charge in [0, 0.05) is 19.6 Å². The summed E-state index contributed by atoms with van der Waals surface area (Å²) < 4.78 is 0. The molecular weight excluding hydrogens is 198 g/mol. The molecular formula is C6H12ClN3O3. The molecule has 0 aromatic heterocycles.